The molecule has 2 aliphatic heterocycles. The van der Waals surface area contributed by atoms with E-state index in [0.29, 0.717) is 12.0 Å². The van der Waals surface area contributed by atoms with Crippen molar-refractivity contribution in [3.05, 3.63) is 0 Å². The van der Waals surface area contributed by atoms with E-state index < -0.39 is 0 Å². The van der Waals surface area contributed by atoms with Crippen molar-refractivity contribution in [3.8, 4) is 0 Å². The Kier molecular flexibility index (Phi) is 3.92. The Morgan fingerprint density at radius 3 is 3.00 bits per heavy atom. The molecule has 2 heterocycles. The first-order valence-electron chi connectivity index (χ1n) is 5.89. The Hall–Kier alpha value is -0.220. The Bertz CT molecular complexity index is 229. The first kappa shape index (κ1) is 11.3. The molecule has 2 saturated heterocycles. The summed E-state index contributed by atoms with van der Waals surface area (Å²) >= 11 is 1.94. The predicted molar refractivity (Wildman–Crippen MR) is 64.1 cm³/mol. The van der Waals surface area contributed by atoms with Crippen LogP contribution in [0.5, 0.6) is 0 Å². The summed E-state index contributed by atoms with van der Waals surface area (Å²) in [5.41, 5.74) is 0. The van der Waals surface area contributed by atoms with Gasteiger partial charge in [-0.25, -0.2) is 0 Å². The number of amides is 1. The highest BCUT2D eigenvalue weighted by atomic mass is 32.2. The van der Waals surface area contributed by atoms with Gasteiger partial charge in [-0.05, 0) is 37.5 Å². The SMILES string of the molecule is CC1CCCNC1C(=O)NC1CCSC1. The molecule has 3 unspecified atom stereocenters. The molecule has 0 bridgehead atoms. The molecule has 2 aliphatic rings. The summed E-state index contributed by atoms with van der Waals surface area (Å²) in [6.07, 6.45) is 3.51. The standard InChI is InChI=1S/C11H20N2OS/c1-8-3-2-5-12-10(8)11(14)13-9-4-6-15-7-9/h8-10,12H,2-7H2,1H3,(H,13,14). The highest BCUT2D eigenvalue weighted by Gasteiger charge is 2.29. The second kappa shape index (κ2) is 5.21. The average Bonchev–Trinajstić information content (AvgIpc) is 2.71. The van der Waals surface area contributed by atoms with Crippen LogP contribution in [-0.2, 0) is 4.79 Å². The van der Waals surface area contributed by atoms with Crippen LogP contribution in [0.4, 0.5) is 0 Å². The lowest BCUT2D eigenvalue weighted by Crippen LogP contribution is -2.53. The van der Waals surface area contributed by atoms with Gasteiger partial charge < -0.3 is 10.6 Å². The van der Waals surface area contributed by atoms with Crippen molar-refractivity contribution < 1.29 is 4.79 Å². The summed E-state index contributed by atoms with van der Waals surface area (Å²) in [4.78, 5) is 12.0. The van der Waals surface area contributed by atoms with Crippen LogP contribution >= 0.6 is 11.8 Å². The van der Waals surface area contributed by atoms with E-state index in [2.05, 4.69) is 17.6 Å². The van der Waals surface area contributed by atoms with Gasteiger partial charge in [-0.15, -0.1) is 0 Å². The molecule has 0 radical (unpaired) electrons. The van der Waals surface area contributed by atoms with Crippen molar-refractivity contribution in [3.63, 3.8) is 0 Å². The van der Waals surface area contributed by atoms with Gasteiger partial charge in [0.05, 0.1) is 6.04 Å². The van der Waals surface area contributed by atoms with E-state index in [4.69, 9.17) is 0 Å². The van der Waals surface area contributed by atoms with Crippen LogP contribution < -0.4 is 10.6 Å². The monoisotopic (exact) mass is 228 g/mol. The molecule has 3 atom stereocenters. The lowest BCUT2D eigenvalue weighted by molar-refractivity contribution is -0.125. The fourth-order valence-corrected chi connectivity index (χ4v) is 3.49. The molecule has 0 aliphatic carbocycles. The van der Waals surface area contributed by atoms with Gasteiger partial charge >= 0.3 is 0 Å². The zero-order valence-electron chi connectivity index (χ0n) is 9.29. The largest absolute Gasteiger partial charge is 0.351 e. The summed E-state index contributed by atoms with van der Waals surface area (Å²) < 4.78 is 0. The van der Waals surface area contributed by atoms with Gasteiger partial charge in [0.2, 0.25) is 5.91 Å². The molecule has 0 spiro atoms. The predicted octanol–water partition coefficient (Wildman–Crippen LogP) is 0.996. The van der Waals surface area contributed by atoms with E-state index in [9.17, 15) is 4.79 Å². The lowest BCUT2D eigenvalue weighted by Gasteiger charge is -2.29. The summed E-state index contributed by atoms with van der Waals surface area (Å²) in [6.45, 7) is 3.15. The third-order valence-corrected chi connectivity index (χ3v) is 4.49. The van der Waals surface area contributed by atoms with E-state index in [1.165, 1.54) is 18.6 Å². The number of carbonyl (C=O) groups is 1. The van der Waals surface area contributed by atoms with Crippen molar-refractivity contribution in [2.75, 3.05) is 18.1 Å². The second-order valence-corrected chi connectivity index (χ2v) is 5.77. The topological polar surface area (TPSA) is 41.1 Å². The zero-order chi connectivity index (χ0) is 10.7. The molecule has 0 aromatic heterocycles. The van der Waals surface area contributed by atoms with Crippen molar-refractivity contribution in [2.45, 2.75) is 38.3 Å². The van der Waals surface area contributed by atoms with Gasteiger partial charge in [-0.3, -0.25) is 4.79 Å². The minimum atomic E-state index is 0.0457. The Balaban J connectivity index is 1.83. The molecule has 2 fully saturated rings. The number of rotatable bonds is 2. The fourth-order valence-electron chi connectivity index (χ4n) is 2.34. The van der Waals surface area contributed by atoms with E-state index in [1.54, 1.807) is 0 Å². The van der Waals surface area contributed by atoms with Gasteiger partial charge in [0, 0.05) is 11.8 Å². The lowest BCUT2D eigenvalue weighted by atomic mass is 9.92. The summed E-state index contributed by atoms with van der Waals surface area (Å²) in [6, 6.07) is 0.461. The van der Waals surface area contributed by atoms with Crippen LogP contribution in [0.25, 0.3) is 0 Å². The van der Waals surface area contributed by atoms with Gasteiger partial charge in [-0.2, -0.15) is 11.8 Å². The Morgan fingerprint density at radius 2 is 2.33 bits per heavy atom. The first-order valence-corrected chi connectivity index (χ1v) is 7.04. The molecular weight excluding hydrogens is 208 g/mol. The van der Waals surface area contributed by atoms with E-state index in [0.717, 1.165) is 18.7 Å². The minimum absolute atomic E-state index is 0.0457. The molecule has 4 heteroatoms. The smallest absolute Gasteiger partial charge is 0.237 e. The van der Waals surface area contributed by atoms with E-state index in [-0.39, 0.29) is 11.9 Å². The molecule has 0 aromatic carbocycles. The van der Waals surface area contributed by atoms with Crippen molar-refractivity contribution in [2.24, 2.45) is 5.92 Å². The summed E-state index contributed by atoms with van der Waals surface area (Å²) in [5, 5.41) is 6.48. The highest BCUT2D eigenvalue weighted by Crippen LogP contribution is 2.19. The summed E-state index contributed by atoms with van der Waals surface area (Å²) in [7, 11) is 0. The molecular formula is C11H20N2OS. The second-order valence-electron chi connectivity index (χ2n) is 4.62. The molecule has 15 heavy (non-hydrogen) atoms. The van der Waals surface area contributed by atoms with Gasteiger partial charge in [0.25, 0.3) is 0 Å². The molecule has 2 N–H and O–H groups in total. The van der Waals surface area contributed by atoms with Crippen LogP contribution in [0.15, 0.2) is 0 Å². The van der Waals surface area contributed by atoms with E-state index >= 15 is 0 Å². The van der Waals surface area contributed by atoms with Crippen LogP contribution in [0.3, 0.4) is 0 Å². The number of hydrogen-bond acceptors (Lipinski definition) is 3. The quantitative estimate of drug-likeness (QED) is 0.741. The van der Waals surface area contributed by atoms with Crippen LogP contribution in [0.1, 0.15) is 26.2 Å². The Labute approximate surface area is 95.8 Å². The number of thioether (sulfide) groups is 1. The minimum Gasteiger partial charge on any atom is -0.351 e. The maximum atomic E-state index is 12.0. The maximum Gasteiger partial charge on any atom is 0.237 e. The first-order chi connectivity index (χ1) is 7.27. The van der Waals surface area contributed by atoms with Crippen molar-refractivity contribution >= 4 is 17.7 Å². The molecule has 3 nitrogen and oxygen atoms in total. The fraction of sp³-hybridized carbons (Fsp3) is 0.909. The average molecular weight is 228 g/mol. The van der Waals surface area contributed by atoms with Crippen LogP contribution in [0, 0.1) is 5.92 Å². The number of carbonyl (C=O) groups excluding carboxylic acids is 1. The molecule has 1 amide bonds. The molecule has 86 valence electrons. The van der Waals surface area contributed by atoms with Gasteiger partial charge in [0.1, 0.15) is 0 Å². The maximum absolute atomic E-state index is 12.0. The van der Waals surface area contributed by atoms with Crippen molar-refractivity contribution in [1.82, 2.24) is 10.6 Å². The van der Waals surface area contributed by atoms with Gasteiger partial charge in [-0.1, -0.05) is 6.92 Å². The van der Waals surface area contributed by atoms with Crippen molar-refractivity contribution in [1.29, 1.82) is 0 Å². The summed E-state index contributed by atoms with van der Waals surface area (Å²) in [5.74, 6) is 2.98. The van der Waals surface area contributed by atoms with Crippen LogP contribution in [-0.4, -0.2) is 36.0 Å². The molecule has 0 aromatic rings. The molecule has 0 saturated carbocycles. The normalized spacial score (nSPS) is 36.5. The third-order valence-electron chi connectivity index (χ3n) is 3.33. The number of hydrogen-bond donors (Lipinski definition) is 2. The van der Waals surface area contributed by atoms with Crippen LogP contribution in [0.2, 0.25) is 0 Å². The number of piperidine rings is 1. The zero-order valence-corrected chi connectivity index (χ0v) is 10.1. The Morgan fingerprint density at radius 1 is 1.47 bits per heavy atom. The highest BCUT2D eigenvalue weighted by molar-refractivity contribution is 7.99. The third kappa shape index (κ3) is 2.88. The van der Waals surface area contributed by atoms with E-state index in [1.807, 2.05) is 11.8 Å². The number of nitrogens with one attached hydrogen (secondary N) is 2. The van der Waals surface area contributed by atoms with Gasteiger partial charge in [0.15, 0.2) is 0 Å². The molecule has 2 rings (SSSR count).